The van der Waals surface area contributed by atoms with Gasteiger partial charge < -0.3 is 15.4 Å². The van der Waals surface area contributed by atoms with Crippen molar-refractivity contribution in [2.24, 2.45) is 0 Å². The van der Waals surface area contributed by atoms with E-state index < -0.39 is 16.0 Å². The third-order valence-electron chi connectivity index (χ3n) is 3.04. The van der Waals surface area contributed by atoms with Gasteiger partial charge in [-0.3, -0.25) is 9.00 Å². The predicted octanol–water partition coefficient (Wildman–Crippen LogP) is 0.616. The number of likely N-dealkylation sites (tertiary alicyclic amines) is 1. The van der Waals surface area contributed by atoms with E-state index in [0.29, 0.717) is 29.3 Å². The number of methoxy groups -OCH3 is 1. The number of carbonyl (C=O) groups excluding carboxylic acids is 1. The van der Waals surface area contributed by atoms with E-state index in [4.69, 9.17) is 10.5 Å². The van der Waals surface area contributed by atoms with Gasteiger partial charge in [-0.1, -0.05) is 0 Å². The minimum absolute atomic E-state index is 0.0767. The second-order valence-electron chi connectivity index (χ2n) is 4.24. The number of hydrogen-bond donors (Lipinski definition) is 1. The van der Waals surface area contributed by atoms with Crippen LogP contribution in [0.15, 0.2) is 23.1 Å². The molecule has 2 rings (SSSR count). The second kappa shape index (κ2) is 4.97. The summed E-state index contributed by atoms with van der Waals surface area (Å²) in [5.74, 6) is 0.392. The highest BCUT2D eigenvalue weighted by molar-refractivity contribution is 7.86. The fourth-order valence-corrected chi connectivity index (χ4v) is 3.52. The fraction of sp³-hybridized carbons (Fsp3) is 0.417. The number of hydrogen-bond acceptors (Lipinski definition) is 4. The number of nitrogens with zero attached hydrogens (tertiary/aromatic N) is 1. The molecule has 1 saturated heterocycles. The molecule has 1 aromatic rings. The Balaban J connectivity index is 2.32. The molecule has 98 valence electrons. The lowest BCUT2D eigenvalue weighted by Gasteiger charge is -2.13. The van der Waals surface area contributed by atoms with Crippen molar-refractivity contribution in [3.8, 4) is 5.75 Å². The van der Waals surface area contributed by atoms with Gasteiger partial charge in [0.05, 0.1) is 22.8 Å². The van der Waals surface area contributed by atoms with Crippen molar-refractivity contribution in [1.82, 2.24) is 4.90 Å². The van der Waals surface area contributed by atoms with Gasteiger partial charge in [0.15, 0.2) is 0 Å². The molecular formula is C12H16N2O3S. The predicted molar refractivity (Wildman–Crippen MR) is 69.9 cm³/mol. The van der Waals surface area contributed by atoms with E-state index in [2.05, 4.69) is 0 Å². The maximum absolute atomic E-state index is 12.4. The highest BCUT2D eigenvalue weighted by Crippen LogP contribution is 2.29. The molecule has 1 aliphatic rings. The smallest absolute Gasteiger partial charge is 0.238 e. The highest BCUT2D eigenvalue weighted by atomic mass is 32.2. The van der Waals surface area contributed by atoms with E-state index in [1.807, 2.05) is 0 Å². The lowest BCUT2D eigenvalue weighted by molar-refractivity contribution is -0.126. The van der Waals surface area contributed by atoms with Crippen molar-refractivity contribution >= 4 is 22.4 Å². The number of amides is 1. The van der Waals surface area contributed by atoms with E-state index in [9.17, 15) is 9.00 Å². The van der Waals surface area contributed by atoms with Crippen molar-refractivity contribution in [2.75, 3.05) is 26.4 Å². The summed E-state index contributed by atoms with van der Waals surface area (Å²) in [5.41, 5.74) is 6.20. The largest absolute Gasteiger partial charge is 0.495 e. The Morgan fingerprint density at radius 2 is 2.22 bits per heavy atom. The second-order valence-corrected chi connectivity index (χ2v) is 5.85. The summed E-state index contributed by atoms with van der Waals surface area (Å²) in [6.07, 6.45) is 0.607. The van der Waals surface area contributed by atoms with Gasteiger partial charge in [-0.05, 0) is 18.6 Å². The zero-order valence-corrected chi connectivity index (χ0v) is 11.2. The minimum atomic E-state index is -1.40. The van der Waals surface area contributed by atoms with Crippen LogP contribution in [0.25, 0.3) is 0 Å². The summed E-state index contributed by atoms with van der Waals surface area (Å²) < 4.78 is 17.6. The third-order valence-corrected chi connectivity index (χ3v) is 4.77. The number of ether oxygens (including phenoxy) is 1. The molecule has 6 heteroatoms. The van der Waals surface area contributed by atoms with Gasteiger partial charge in [0.25, 0.3) is 0 Å². The molecule has 0 saturated carbocycles. The fourth-order valence-electron chi connectivity index (χ4n) is 1.99. The lowest BCUT2D eigenvalue weighted by Crippen LogP contribution is -2.28. The van der Waals surface area contributed by atoms with Crippen LogP contribution in [0.4, 0.5) is 5.69 Å². The number of carbonyl (C=O) groups is 1. The Morgan fingerprint density at radius 3 is 2.78 bits per heavy atom. The molecule has 1 aromatic carbocycles. The molecule has 0 radical (unpaired) electrons. The molecule has 0 aliphatic carbocycles. The topological polar surface area (TPSA) is 72.6 Å². The first-order chi connectivity index (χ1) is 8.54. The Bertz CT molecular complexity index is 504. The summed E-state index contributed by atoms with van der Waals surface area (Å²) in [5, 5.41) is -0.479. The van der Waals surface area contributed by atoms with Crippen LogP contribution in [0.1, 0.15) is 6.42 Å². The van der Waals surface area contributed by atoms with Crippen LogP contribution in [-0.2, 0) is 15.6 Å². The molecule has 2 unspecified atom stereocenters. The first kappa shape index (κ1) is 12.9. The minimum Gasteiger partial charge on any atom is -0.495 e. The third kappa shape index (κ3) is 2.20. The number of benzene rings is 1. The number of rotatable bonds is 3. The molecule has 18 heavy (non-hydrogen) atoms. The van der Waals surface area contributed by atoms with Crippen LogP contribution >= 0.6 is 0 Å². The Morgan fingerprint density at radius 1 is 1.50 bits per heavy atom. The van der Waals surface area contributed by atoms with Crippen LogP contribution in [0.2, 0.25) is 0 Å². The monoisotopic (exact) mass is 268 g/mol. The van der Waals surface area contributed by atoms with Gasteiger partial charge in [0, 0.05) is 25.3 Å². The van der Waals surface area contributed by atoms with E-state index >= 15 is 0 Å². The SMILES string of the molecule is COc1cc(N)ccc1S(=O)C1CCN(C)C1=O. The van der Waals surface area contributed by atoms with Crippen molar-refractivity contribution < 1.29 is 13.7 Å². The Kier molecular flexibility index (Phi) is 3.56. The van der Waals surface area contributed by atoms with Gasteiger partial charge in [-0.2, -0.15) is 0 Å². The molecule has 0 bridgehead atoms. The molecule has 2 atom stereocenters. The van der Waals surface area contributed by atoms with Crippen LogP contribution in [0.3, 0.4) is 0 Å². The average Bonchev–Trinajstić information content (AvgIpc) is 2.69. The van der Waals surface area contributed by atoms with Crippen LogP contribution in [0, 0.1) is 0 Å². The summed E-state index contributed by atoms with van der Waals surface area (Å²) in [6.45, 7) is 0.645. The maximum atomic E-state index is 12.4. The lowest BCUT2D eigenvalue weighted by atomic mass is 10.3. The van der Waals surface area contributed by atoms with Crippen LogP contribution in [-0.4, -0.2) is 41.0 Å². The van der Waals surface area contributed by atoms with Crippen molar-refractivity contribution in [2.45, 2.75) is 16.6 Å². The quantitative estimate of drug-likeness (QED) is 0.815. The molecule has 2 N–H and O–H groups in total. The number of nitrogens with two attached hydrogens (primary N) is 1. The first-order valence-corrected chi connectivity index (χ1v) is 6.85. The zero-order valence-electron chi connectivity index (χ0n) is 10.4. The van der Waals surface area contributed by atoms with E-state index in [1.54, 1.807) is 30.1 Å². The summed E-state index contributed by atoms with van der Waals surface area (Å²) in [4.78, 5) is 14.0. The summed E-state index contributed by atoms with van der Waals surface area (Å²) in [6, 6.07) is 4.95. The average molecular weight is 268 g/mol. The van der Waals surface area contributed by atoms with Gasteiger partial charge in [-0.25, -0.2) is 0 Å². The molecular weight excluding hydrogens is 252 g/mol. The van der Waals surface area contributed by atoms with E-state index in [-0.39, 0.29) is 5.91 Å². The Hall–Kier alpha value is -1.56. The maximum Gasteiger partial charge on any atom is 0.238 e. The van der Waals surface area contributed by atoms with Crippen molar-refractivity contribution in [1.29, 1.82) is 0 Å². The van der Waals surface area contributed by atoms with Crippen molar-refractivity contribution in [3.63, 3.8) is 0 Å². The molecule has 1 fully saturated rings. The van der Waals surface area contributed by atoms with Crippen LogP contribution in [0.5, 0.6) is 5.75 Å². The number of anilines is 1. The molecule has 0 spiro atoms. The molecule has 1 amide bonds. The standard InChI is InChI=1S/C12H16N2O3S/c1-14-6-5-11(12(14)15)18(16)10-4-3-8(13)7-9(10)17-2/h3-4,7,11H,5-6,13H2,1-2H3. The molecule has 0 aromatic heterocycles. The molecule has 5 nitrogen and oxygen atoms in total. The van der Waals surface area contributed by atoms with Gasteiger partial charge in [-0.15, -0.1) is 0 Å². The van der Waals surface area contributed by atoms with Gasteiger partial charge in [0.1, 0.15) is 11.0 Å². The van der Waals surface area contributed by atoms with Crippen molar-refractivity contribution in [3.05, 3.63) is 18.2 Å². The molecule has 1 heterocycles. The van der Waals surface area contributed by atoms with E-state index in [0.717, 1.165) is 0 Å². The first-order valence-electron chi connectivity index (χ1n) is 5.63. The van der Waals surface area contributed by atoms with E-state index in [1.165, 1.54) is 7.11 Å². The highest BCUT2D eigenvalue weighted by Gasteiger charge is 2.35. The summed E-state index contributed by atoms with van der Waals surface area (Å²) in [7, 11) is 1.82. The number of nitrogen functional groups attached to an aromatic ring is 1. The van der Waals surface area contributed by atoms with Crippen LogP contribution < -0.4 is 10.5 Å². The molecule has 1 aliphatic heterocycles. The zero-order chi connectivity index (χ0) is 13.3. The van der Waals surface area contributed by atoms with Gasteiger partial charge in [0.2, 0.25) is 5.91 Å². The normalized spacial score (nSPS) is 21.1. The summed E-state index contributed by atoms with van der Waals surface area (Å²) >= 11 is 0. The van der Waals surface area contributed by atoms with Gasteiger partial charge >= 0.3 is 0 Å². The Labute approximate surface area is 108 Å².